The summed E-state index contributed by atoms with van der Waals surface area (Å²) in [5.74, 6) is -0.858. The van der Waals surface area contributed by atoms with Crippen LogP contribution in [0.3, 0.4) is 0 Å². The molecule has 0 spiro atoms. The van der Waals surface area contributed by atoms with E-state index in [-0.39, 0.29) is 61.4 Å². The molecule has 0 aromatic heterocycles. The topological polar surface area (TPSA) is 86.7 Å². The first-order valence-electron chi connectivity index (χ1n) is 7.74. The second-order valence-corrected chi connectivity index (χ2v) is 5.79. The molecule has 0 bridgehead atoms. The van der Waals surface area contributed by atoms with E-state index in [0.717, 1.165) is 19.3 Å². The van der Waals surface area contributed by atoms with E-state index in [1.165, 1.54) is 13.8 Å². The maximum Gasteiger partial charge on any atom is 0.306 e. The van der Waals surface area contributed by atoms with Gasteiger partial charge in [0.1, 0.15) is 23.8 Å². The molecule has 0 saturated heterocycles. The van der Waals surface area contributed by atoms with Crippen LogP contribution in [0.15, 0.2) is 0 Å². The average Bonchev–Trinajstić information content (AvgIpc) is 2.43. The second kappa shape index (κ2) is 9.33. The summed E-state index contributed by atoms with van der Waals surface area (Å²) < 4.78 is 10.6. The molecule has 0 heterocycles. The van der Waals surface area contributed by atoms with Crippen molar-refractivity contribution in [3.05, 3.63) is 0 Å². The van der Waals surface area contributed by atoms with Crippen LogP contribution in [0.5, 0.6) is 0 Å². The largest absolute Gasteiger partial charge is 0.462 e. The number of carbonyl (C=O) groups excluding carboxylic acids is 4. The summed E-state index contributed by atoms with van der Waals surface area (Å²) in [6, 6.07) is 0. The summed E-state index contributed by atoms with van der Waals surface area (Å²) in [4.78, 5) is 44.9. The Morgan fingerprint density at radius 3 is 1.55 bits per heavy atom. The van der Waals surface area contributed by atoms with Crippen molar-refractivity contribution in [2.45, 2.75) is 77.4 Å². The van der Waals surface area contributed by atoms with Crippen molar-refractivity contribution in [2.24, 2.45) is 0 Å². The Bertz CT molecular complexity index is 390. The quantitative estimate of drug-likeness (QED) is 0.638. The summed E-state index contributed by atoms with van der Waals surface area (Å²) in [6.45, 7) is 2.87. The van der Waals surface area contributed by atoms with Gasteiger partial charge in [0.2, 0.25) is 0 Å². The van der Waals surface area contributed by atoms with Crippen molar-refractivity contribution in [3.8, 4) is 0 Å². The van der Waals surface area contributed by atoms with Gasteiger partial charge in [0.05, 0.1) is 12.8 Å². The Labute approximate surface area is 130 Å². The molecule has 0 amide bonds. The summed E-state index contributed by atoms with van der Waals surface area (Å²) in [5, 5.41) is 0. The molecule has 2 unspecified atom stereocenters. The molecule has 2 atom stereocenters. The lowest BCUT2D eigenvalue weighted by Crippen LogP contribution is -2.31. The zero-order valence-electron chi connectivity index (χ0n) is 13.3. The van der Waals surface area contributed by atoms with Gasteiger partial charge >= 0.3 is 11.9 Å². The molecule has 1 rings (SSSR count). The van der Waals surface area contributed by atoms with Gasteiger partial charge in [0.15, 0.2) is 0 Å². The molecule has 1 aliphatic carbocycles. The predicted molar refractivity (Wildman–Crippen MR) is 78.1 cm³/mol. The maximum absolute atomic E-state index is 11.6. The smallest absolute Gasteiger partial charge is 0.306 e. The van der Waals surface area contributed by atoms with Crippen molar-refractivity contribution in [1.82, 2.24) is 0 Å². The van der Waals surface area contributed by atoms with Gasteiger partial charge in [-0.3, -0.25) is 9.59 Å². The van der Waals surface area contributed by atoms with Crippen LogP contribution in [0.25, 0.3) is 0 Å². The van der Waals surface area contributed by atoms with E-state index in [1.807, 2.05) is 0 Å². The van der Waals surface area contributed by atoms with Crippen LogP contribution in [0.2, 0.25) is 0 Å². The molecule has 124 valence electrons. The average molecular weight is 312 g/mol. The van der Waals surface area contributed by atoms with Gasteiger partial charge in [-0.05, 0) is 33.1 Å². The van der Waals surface area contributed by atoms with E-state index >= 15 is 0 Å². The SMILES string of the molecule is CC(=O)CCC(=O)OC1CCCC(OC(=O)CCC(C)=O)C1. The molecule has 0 aromatic rings. The minimum atomic E-state index is -0.385. The Balaban J connectivity index is 2.31. The van der Waals surface area contributed by atoms with Crippen LogP contribution >= 0.6 is 0 Å². The van der Waals surface area contributed by atoms with Gasteiger partial charge < -0.3 is 19.1 Å². The first-order chi connectivity index (χ1) is 10.4. The highest BCUT2D eigenvalue weighted by atomic mass is 16.6. The highest BCUT2D eigenvalue weighted by molar-refractivity contribution is 5.81. The first kappa shape index (κ1) is 18.3. The molecular weight excluding hydrogens is 288 g/mol. The molecule has 6 heteroatoms. The number of ketones is 2. The van der Waals surface area contributed by atoms with Crippen LogP contribution in [0.4, 0.5) is 0 Å². The number of Topliss-reactive ketones (excluding diaryl/α,β-unsaturated/α-hetero) is 2. The third-order valence-corrected chi connectivity index (χ3v) is 3.54. The zero-order chi connectivity index (χ0) is 16.5. The van der Waals surface area contributed by atoms with E-state index < -0.39 is 0 Å². The molecule has 1 saturated carbocycles. The molecule has 1 aliphatic rings. The standard InChI is InChI=1S/C16H24O6/c1-11(17)6-8-15(19)21-13-4-3-5-14(10-13)22-16(20)9-7-12(2)18/h13-14H,3-10H2,1-2H3. The number of ether oxygens (including phenoxy) is 2. The highest BCUT2D eigenvalue weighted by Crippen LogP contribution is 2.24. The molecule has 0 aromatic carbocycles. The van der Waals surface area contributed by atoms with Gasteiger partial charge in [-0.1, -0.05) is 0 Å². The molecular formula is C16H24O6. The normalized spacial score (nSPS) is 21.0. The number of hydrogen-bond acceptors (Lipinski definition) is 6. The molecule has 6 nitrogen and oxygen atoms in total. The van der Waals surface area contributed by atoms with E-state index in [2.05, 4.69) is 0 Å². The summed E-state index contributed by atoms with van der Waals surface area (Å²) in [5.41, 5.74) is 0. The lowest BCUT2D eigenvalue weighted by molar-refractivity contribution is -0.159. The minimum absolute atomic E-state index is 0.0436. The van der Waals surface area contributed by atoms with Gasteiger partial charge in [-0.15, -0.1) is 0 Å². The van der Waals surface area contributed by atoms with Crippen LogP contribution < -0.4 is 0 Å². The number of rotatable bonds is 8. The van der Waals surface area contributed by atoms with Gasteiger partial charge in [-0.2, -0.15) is 0 Å². The predicted octanol–water partition coefficient (Wildman–Crippen LogP) is 2.12. The maximum atomic E-state index is 11.6. The van der Waals surface area contributed by atoms with E-state index in [4.69, 9.17) is 9.47 Å². The zero-order valence-corrected chi connectivity index (χ0v) is 13.3. The fraction of sp³-hybridized carbons (Fsp3) is 0.750. The van der Waals surface area contributed by atoms with Gasteiger partial charge in [0, 0.05) is 19.3 Å². The molecule has 22 heavy (non-hydrogen) atoms. The first-order valence-corrected chi connectivity index (χ1v) is 7.74. The third-order valence-electron chi connectivity index (χ3n) is 3.54. The lowest BCUT2D eigenvalue weighted by atomic mass is 9.94. The summed E-state index contributed by atoms with van der Waals surface area (Å²) >= 11 is 0. The van der Waals surface area contributed by atoms with Gasteiger partial charge in [0.25, 0.3) is 0 Å². The summed E-state index contributed by atoms with van der Waals surface area (Å²) in [7, 11) is 0. The second-order valence-electron chi connectivity index (χ2n) is 5.79. The lowest BCUT2D eigenvalue weighted by Gasteiger charge is -2.28. The Morgan fingerprint density at radius 2 is 1.18 bits per heavy atom. The molecule has 0 aliphatic heterocycles. The summed E-state index contributed by atoms with van der Waals surface area (Å²) in [6.07, 6.45) is 2.82. The van der Waals surface area contributed by atoms with Crippen LogP contribution in [0.1, 0.15) is 65.2 Å². The van der Waals surface area contributed by atoms with E-state index in [9.17, 15) is 19.2 Å². The highest BCUT2D eigenvalue weighted by Gasteiger charge is 2.27. The van der Waals surface area contributed by atoms with Crippen molar-refractivity contribution in [3.63, 3.8) is 0 Å². The number of carbonyl (C=O) groups is 4. The molecule has 0 radical (unpaired) electrons. The van der Waals surface area contributed by atoms with Crippen LogP contribution in [0, 0.1) is 0 Å². The van der Waals surface area contributed by atoms with Gasteiger partial charge in [-0.25, -0.2) is 0 Å². The van der Waals surface area contributed by atoms with Crippen LogP contribution in [-0.4, -0.2) is 35.7 Å². The third kappa shape index (κ3) is 7.90. The Hall–Kier alpha value is -1.72. The number of hydrogen-bond donors (Lipinski definition) is 0. The van der Waals surface area contributed by atoms with Crippen molar-refractivity contribution >= 4 is 23.5 Å². The van der Waals surface area contributed by atoms with E-state index in [1.54, 1.807) is 0 Å². The van der Waals surface area contributed by atoms with E-state index in [0.29, 0.717) is 6.42 Å². The Morgan fingerprint density at radius 1 is 0.773 bits per heavy atom. The Kier molecular flexibility index (Phi) is 7.77. The fourth-order valence-corrected chi connectivity index (χ4v) is 2.36. The van der Waals surface area contributed by atoms with Crippen molar-refractivity contribution < 1.29 is 28.7 Å². The fourth-order valence-electron chi connectivity index (χ4n) is 2.36. The van der Waals surface area contributed by atoms with Crippen LogP contribution in [-0.2, 0) is 28.7 Å². The number of esters is 2. The molecule has 1 fully saturated rings. The van der Waals surface area contributed by atoms with Crippen molar-refractivity contribution in [1.29, 1.82) is 0 Å². The minimum Gasteiger partial charge on any atom is -0.462 e. The molecule has 0 N–H and O–H groups in total. The monoisotopic (exact) mass is 312 g/mol. The van der Waals surface area contributed by atoms with Crippen molar-refractivity contribution in [2.75, 3.05) is 0 Å².